The molecule has 1 heterocycles. The van der Waals surface area contributed by atoms with Crippen LogP contribution in [-0.2, 0) is 12.8 Å². The molecule has 0 amide bonds. The Hall–Kier alpha value is -2.30. The minimum Gasteiger partial charge on any atom is -0.497 e. The predicted octanol–water partition coefficient (Wildman–Crippen LogP) is 1.74. The third-order valence-corrected chi connectivity index (χ3v) is 3.62. The molecule has 0 fully saturated rings. The van der Waals surface area contributed by atoms with Gasteiger partial charge in [0.1, 0.15) is 11.5 Å². The predicted molar refractivity (Wildman–Crippen MR) is 75.0 cm³/mol. The van der Waals surface area contributed by atoms with E-state index in [1.807, 2.05) is 0 Å². The van der Waals surface area contributed by atoms with Crippen molar-refractivity contribution in [1.82, 2.24) is 9.78 Å². The molecule has 0 N–H and O–H groups in total. The Balaban J connectivity index is 2.16. The summed E-state index contributed by atoms with van der Waals surface area (Å²) in [5.41, 5.74) is 2.55. The lowest BCUT2D eigenvalue weighted by Gasteiger charge is -2.10. The molecule has 0 saturated carbocycles. The Labute approximate surface area is 116 Å². The van der Waals surface area contributed by atoms with Crippen molar-refractivity contribution in [2.24, 2.45) is 0 Å². The van der Waals surface area contributed by atoms with E-state index in [9.17, 15) is 4.79 Å². The minimum absolute atomic E-state index is 0.0460. The molecule has 0 bridgehead atoms. The second kappa shape index (κ2) is 5.00. The van der Waals surface area contributed by atoms with Crippen LogP contribution in [0.5, 0.6) is 11.5 Å². The average molecular weight is 272 g/mol. The number of hydrogen-bond donors (Lipinski definition) is 0. The van der Waals surface area contributed by atoms with E-state index in [2.05, 4.69) is 5.10 Å². The van der Waals surface area contributed by atoms with Crippen LogP contribution >= 0.6 is 0 Å². The molecule has 0 aliphatic heterocycles. The number of rotatable bonds is 3. The molecule has 1 aliphatic carbocycles. The molecule has 1 aromatic carbocycles. The van der Waals surface area contributed by atoms with Crippen LogP contribution in [-0.4, -0.2) is 24.0 Å². The van der Waals surface area contributed by atoms with Crippen molar-refractivity contribution in [2.75, 3.05) is 14.2 Å². The fourth-order valence-electron chi connectivity index (χ4n) is 2.56. The quantitative estimate of drug-likeness (QED) is 0.854. The van der Waals surface area contributed by atoms with E-state index < -0.39 is 0 Å². The minimum atomic E-state index is -0.0460. The topological polar surface area (TPSA) is 53.4 Å². The van der Waals surface area contributed by atoms with E-state index in [0.29, 0.717) is 17.2 Å². The highest BCUT2D eigenvalue weighted by molar-refractivity contribution is 5.46. The molecule has 5 heteroatoms. The van der Waals surface area contributed by atoms with Crippen molar-refractivity contribution < 1.29 is 9.47 Å². The first-order valence-electron chi connectivity index (χ1n) is 6.56. The normalized spacial score (nSPS) is 13.1. The van der Waals surface area contributed by atoms with Gasteiger partial charge >= 0.3 is 0 Å². The van der Waals surface area contributed by atoms with Crippen molar-refractivity contribution >= 4 is 0 Å². The maximum atomic E-state index is 12.5. The van der Waals surface area contributed by atoms with Crippen molar-refractivity contribution in [3.8, 4) is 17.2 Å². The van der Waals surface area contributed by atoms with Crippen LogP contribution in [0.2, 0.25) is 0 Å². The van der Waals surface area contributed by atoms with Gasteiger partial charge in [0.05, 0.1) is 26.1 Å². The highest BCUT2D eigenvalue weighted by Gasteiger charge is 2.17. The number of hydrogen-bond acceptors (Lipinski definition) is 4. The summed E-state index contributed by atoms with van der Waals surface area (Å²) in [6.07, 6.45) is 4.59. The molecule has 0 saturated heterocycles. The molecule has 3 rings (SSSR count). The van der Waals surface area contributed by atoms with E-state index >= 15 is 0 Å². The molecular formula is C15H16N2O3. The standard InChI is InChI=1S/C15H16N2O3/c1-19-12-6-11(7-13(8-12)20-2)17-15(18)14-5-3-4-10(14)9-16-17/h6-9H,3-5H2,1-2H3. The molecule has 0 unspecified atom stereocenters. The lowest BCUT2D eigenvalue weighted by molar-refractivity contribution is 0.393. The summed E-state index contributed by atoms with van der Waals surface area (Å²) in [4.78, 5) is 12.5. The summed E-state index contributed by atoms with van der Waals surface area (Å²) in [5.74, 6) is 1.27. The van der Waals surface area contributed by atoms with Crippen molar-refractivity contribution in [2.45, 2.75) is 19.3 Å². The van der Waals surface area contributed by atoms with Crippen LogP contribution < -0.4 is 15.0 Å². The Morgan fingerprint density at radius 3 is 2.45 bits per heavy atom. The Morgan fingerprint density at radius 2 is 1.80 bits per heavy atom. The Bertz CT molecular complexity index is 685. The largest absolute Gasteiger partial charge is 0.497 e. The second-order valence-electron chi connectivity index (χ2n) is 4.79. The highest BCUT2D eigenvalue weighted by Crippen LogP contribution is 2.24. The number of fused-ring (bicyclic) bond motifs is 1. The molecule has 20 heavy (non-hydrogen) atoms. The first kappa shape index (κ1) is 12.7. The molecule has 2 aromatic rings. The van der Waals surface area contributed by atoms with Gasteiger partial charge in [-0.1, -0.05) is 0 Å². The number of nitrogens with zero attached hydrogens (tertiary/aromatic N) is 2. The van der Waals surface area contributed by atoms with Gasteiger partial charge in [0.25, 0.3) is 5.56 Å². The SMILES string of the molecule is COc1cc(OC)cc(-n2ncc3c(c2=O)CCC3)c1. The van der Waals surface area contributed by atoms with Crippen molar-refractivity contribution in [3.63, 3.8) is 0 Å². The Kier molecular flexibility index (Phi) is 3.18. The molecule has 5 nitrogen and oxygen atoms in total. The summed E-state index contributed by atoms with van der Waals surface area (Å²) in [7, 11) is 3.16. The number of aryl methyl sites for hydroxylation is 1. The molecule has 0 radical (unpaired) electrons. The lowest BCUT2D eigenvalue weighted by Crippen LogP contribution is -2.24. The number of aromatic nitrogens is 2. The fourth-order valence-corrected chi connectivity index (χ4v) is 2.56. The fraction of sp³-hybridized carbons (Fsp3) is 0.333. The summed E-state index contributed by atoms with van der Waals surface area (Å²) in [5, 5.41) is 4.26. The van der Waals surface area contributed by atoms with Gasteiger partial charge < -0.3 is 9.47 Å². The number of benzene rings is 1. The van der Waals surface area contributed by atoms with Gasteiger partial charge in [0, 0.05) is 23.8 Å². The smallest absolute Gasteiger partial charge is 0.274 e. The van der Waals surface area contributed by atoms with Gasteiger partial charge in [-0.15, -0.1) is 0 Å². The lowest BCUT2D eigenvalue weighted by atomic mass is 10.2. The summed E-state index contributed by atoms with van der Waals surface area (Å²) < 4.78 is 11.9. The summed E-state index contributed by atoms with van der Waals surface area (Å²) >= 11 is 0. The van der Waals surface area contributed by atoms with Crippen LogP contribution in [0.4, 0.5) is 0 Å². The zero-order valence-electron chi connectivity index (χ0n) is 11.5. The van der Waals surface area contributed by atoms with Crippen molar-refractivity contribution in [1.29, 1.82) is 0 Å². The van der Waals surface area contributed by atoms with Crippen LogP contribution in [0.15, 0.2) is 29.2 Å². The third kappa shape index (κ3) is 2.05. The van der Waals surface area contributed by atoms with Crippen LogP contribution in [0.25, 0.3) is 5.69 Å². The van der Waals surface area contributed by atoms with E-state index in [0.717, 1.165) is 30.4 Å². The molecule has 0 spiro atoms. The zero-order valence-corrected chi connectivity index (χ0v) is 11.5. The molecule has 1 aliphatic rings. The molecule has 1 aromatic heterocycles. The summed E-state index contributed by atoms with van der Waals surface area (Å²) in [6, 6.07) is 5.32. The second-order valence-corrected chi connectivity index (χ2v) is 4.79. The van der Waals surface area contributed by atoms with E-state index in [1.165, 1.54) is 4.68 Å². The van der Waals surface area contributed by atoms with Gasteiger partial charge in [0.2, 0.25) is 0 Å². The molecular weight excluding hydrogens is 256 g/mol. The molecule has 0 atom stereocenters. The van der Waals surface area contributed by atoms with E-state index in [4.69, 9.17) is 9.47 Å². The highest BCUT2D eigenvalue weighted by atomic mass is 16.5. The maximum absolute atomic E-state index is 12.5. The number of ether oxygens (including phenoxy) is 2. The van der Waals surface area contributed by atoms with Gasteiger partial charge in [-0.05, 0) is 24.8 Å². The first-order valence-corrected chi connectivity index (χ1v) is 6.56. The first-order chi connectivity index (χ1) is 9.72. The van der Waals surface area contributed by atoms with Crippen LogP contribution in [0.3, 0.4) is 0 Å². The number of methoxy groups -OCH3 is 2. The summed E-state index contributed by atoms with van der Waals surface area (Å²) in [6.45, 7) is 0. The van der Waals surface area contributed by atoms with Crippen molar-refractivity contribution in [3.05, 3.63) is 45.9 Å². The third-order valence-electron chi connectivity index (χ3n) is 3.62. The van der Waals surface area contributed by atoms with Gasteiger partial charge in [0.15, 0.2) is 0 Å². The zero-order chi connectivity index (χ0) is 14.1. The van der Waals surface area contributed by atoms with Gasteiger partial charge in [-0.25, -0.2) is 0 Å². The van der Waals surface area contributed by atoms with Gasteiger partial charge in [-0.3, -0.25) is 4.79 Å². The monoisotopic (exact) mass is 272 g/mol. The van der Waals surface area contributed by atoms with Gasteiger partial charge in [-0.2, -0.15) is 9.78 Å². The Morgan fingerprint density at radius 1 is 1.10 bits per heavy atom. The van der Waals surface area contributed by atoms with Crippen LogP contribution in [0.1, 0.15) is 17.5 Å². The van der Waals surface area contributed by atoms with E-state index in [-0.39, 0.29) is 5.56 Å². The van der Waals surface area contributed by atoms with Crippen LogP contribution in [0, 0.1) is 0 Å². The molecule has 104 valence electrons. The maximum Gasteiger partial charge on any atom is 0.274 e. The van der Waals surface area contributed by atoms with E-state index in [1.54, 1.807) is 38.6 Å². The average Bonchev–Trinajstić information content (AvgIpc) is 2.96.